The SMILES string of the molecule is Cc1ccc(NCCCCCCCCCCCCCCCCC(=O)C(F)(F)F)cc1. The van der Waals surface area contributed by atoms with Gasteiger partial charge in [0.1, 0.15) is 0 Å². The first-order chi connectivity index (χ1) is 14.4. The van der Waals surface area contributed by atoms with Crippen molar-refractivity contribution in [2.24, 2.45) is 0 Å². The number of halogens is 3. The highest BCUT2D eigenvalue weighted by molar-refractivity contribution is 5.83. The van der Waals surface area contributed by atoms with E-state index >= 15 is 0 Å². The molecule has 0 heterocycles. The predicted molar refractivity (Wildman–Crippen MR) is 120 cm³/mol. The minimum Gasteiger partial charge on any atom is -0.385 e. The molecule has 0 atom stereocenters. The molecule has 1 rings (SSSR count). The lowest BCUT2D eigenvalue weighted by Gasteiger charge is -2.07. The molecule has 0 aromatic heterocycles. The number of hydrogen-bond donors (Lipinski definition) is 1. The first-order valence-electron chi connectivity index (χ1n) is 11.8. The molecular formula is C25H40F3NO. The van der Waals surface area contributed by atoms with Crippen molar-refractivity contribution < 1.29 is 18.0 Å². The van der Waals surface area contributed by atoms with E-state index in [4.69, 9.17) is 0 Å². The number of alkyl halides is 3. The van der Waals surface area contributed by atoms with Gasteiger partial charge in [-0.2, -0.15) is 13.2 Å². The first kappa shape index (κ1) is 26.5. The fraction of sp³-hybridized carbons (Fsp3) is 0.720. The number of ketones is 1. The summed E-state index contributed by atoms with van der Waals surface area (Å²) < 4.78 is 36.2. The summed E-state index contributed by atoms with van der Waals surface area (Å²) in [6.45, 7) is 3.15. The summed E-state index contributed by atoms with van der Waals surface area (Å²) >= 11 is 0. The van der Waals surface area contributed by atoms with Gasteiger partial charge < -0.3 is 5.32 Å². The molecule has 1 aromatic rings. The van der Waals surface area contributed by atoms with Crippen LogP contribution in [-0.4, -0.2) is 18.5 Å². The van der Waals surface area contributed by atoms with Crippen molar-refractivity contribution in [2.75, 3.05) is 11.9 Å². The molecule has 5 heteroatoms. The highest BCUT2D eigenvalue weighted by Gasteiger charge is 2.36. The summed E-state index contributed by atoms with van der Waals surface area (Å²) in [6, 6.07) is 8.54. The van der Waals surface area contributed by atoms with Crippen LogP contribution in [0.15, 0.2) is 24.3 Å². The Morgan fingerprint density at radius 1 is 0.700 bits per heavy atom. The number of aryl methyl sites for hydroxylation is 1. The molecule has 1 aromatic carbocycles. The van der Waals surface area contributed by atoms with Gasteiger partial charge in [-0.3, -0.25) is 4.79 Å². The second-order valence-electron chi connectivity index (χ2n) is 8.41. The van der Waals surface area contributed by atoms with Crippen LogP contribution in [0.2, 0.25) is 0 Å². The number of rotatable bonds is 18. The summed E-state index contributed by atoms with van der Waals surface area (Å²) in [5.74, 6) is -1.58. The molecule has 0 spiro atoms. The molecule has 0 unspecified atom stereocenters. The Morgan fingerprint density at radius 2 is 1.10 bits per heavy atom. The van der Waals surface area contributed by atoms with E-state index in [-0.39, 0.29) is 6.42 Å². The van der Waals surface area contributed by atoms with Gasteiger partial charge in [0.2, 0.25) is 5.78 Å². The van der Waals surface area contributed by atoms with Crippen LogP contribution >= 0.6 is 0 Å². The van der Waals surface area contributed by atoms with E-state index in [1.807, 2.05) is 0 Å². The third-order valence-corrected chi connectivity index (χ3v) is 5.53. The summed E-state index contributed by atoms with van der Waals surface area (Å²) in [7, 11) is 0. The average Bonchev–Trinajstić information content (AvgIpc) is 2.70. The normalized spacial score (nSPS) is 11.6. The number of carbonyl (C=O) groups is 1. The average molecular weight is 428 g/mol. The minimum atomic E-state index is -4.65. The van der Waals surface area contributed by atoms with Crippen molar-refractivity contribution in [3.05, 3.63) is 29.8 Å². The predicted octanol–water partition coefficient (Wildman–Crippen LogP) is 8.39. The van der Waals surface area contributed by atoms with Gasteiger partial charge in [-0.25, -0.2) is 0 Å². The molecule has 0 saturated heterocycles. The summed E-state index contributed by atoms with van der Waals surface area (Å²) in [5.41, 5.74) is 2.50. The van der Waals surface area contributed by atoms with Gasteiger partial charge in [0.25, 0.3) is 0 Å². The molecule has 30 heavy (non-hydrogen) atoms. The smallest absolute Gasteiger partial charge is 0.385 e. The molecule has 0 saturated carbocycles. The topological polar surface area (TPSA) is 29.1 Å². The maximum absolute atomic E-state index is 12.1. The van der Waals surface area contributed by atoms with Gasteiger partial charge in [0, 0.05) is 18.7 Å². The van der Waals surface area contributed by atoms with Crippen LogP contribution in [-0.2, 0) is 4.79 Å². The third-order valence-electron chi connectivity index (χ3n) is 5.53. The van der Waals surface area contributed by atoms with E-state index in [0.717, 1.165) is 32.2 Å². The van der Waals surface area contributed by atoms with Gasteiger partial charge in [-0.1, -0.05) is 94.7 Å². The van der Waals surface area contributed by atoms with Gasteiger partial charge >= 0.3 is 6.18 Å². The maximum atomic E-state index is 12.1. The summed E-state index contributed by atoms with van der Waals surface area (Å²) in [5, 5.41) is 3.47. The molecule has 0 radical (unpaired) electrons. The van der Waals surface area contributed by atoms with Crippen molar-refractivity contribution >= 4 is 11.5 Å². The zero-order chi connectivity index (χ0) is 22.1. The Morgan fingerprint density at radius 3 is 1.53 bits per heavy atom. The Balaban J connectivity index is 1.75. The molecule has 0 bridgehead atoms. The number of anilines is 1. The second-order valence-corrected chi connectivity index (χ2v) is 8.41. The quantitative estimate of drug-likeness (QED) is 0.238. The number of carbonyl (C=O) groups excluding carboxylic acids is 1. The van der Waals surface area contributed by atoms with Crippen molar-refractivity contribution in [3.63, 3.8) is 0 Å². The number of benzene rings is 1. The number of unbranched alkanes of at least 4 members (excludes halogenated alkanes) is 13. The van der Waals surface area contributed by atoms with E-state index in [2.05, 4.69) is 36.5 Å². The molecule has 2 nitrogen and oxygen atoms in total. The van der Waals surface area contributed by atoms with Crippen molar-refractivity contribution in [1.29, 1.82) is 0 Å². The molecule has 0 aliphatic heterocycles. The van der Waals surface area contributed by atoms with Crippen molar-refractivity contribution in [1.82, 2.24) is 0 Å². The number of nitrogens with one attached hydrogen (secondary N) is 1. The lowest BCUT2D eigenvalue weighted by atomic mass is 10.0. The van der Waals surface area contributed by atoms with Gasteiger partial charge in [0.15, 0.2) is 0 Å². The maximum Gasteiger partial charge on any atom is 0.449 e. The van der Waals surface area contributed by atoms with Crippen LogP contribution in [0.1, 0.15) is 102 Å². The van der Waals surface area contributed by atoms with Crippen LogP contribution in [0.3, 0.4) is 0 Å². The summed E-state index contributed by atoms with van der Waals surface area (Å²) in [4.78, 5) is 10.7. The molecule has 1 N–H and O–H groups in total. The minimum absolute atomic E-state index is 0.354. The van der Waals surface area contributed by atoms with Crippen molar-refractivity contribution in [3.8, 4) is 0 Å². The van der Waals surface area contributed by atoms with Crippen LogP contribution in [0.4, 0.5) is 18.9 Å². The van der Waals surface area contributed by atoms with Crippen molar-refractivity contribution in [2.45, 2.75) is 109 Å². The zero-order valence-corrected chi connectivity index (χ0v) is 18.7. The van der Waals surface area contributed by atoms with Gasteiger partial charge in [0.05, 0.1) is 0 Å². The number of hydrogen-bond acceptors (Lipinski definition) is 2. The highest BCUT2D eigenvalue weighted by Crippen LogP contribution is 2.20. The van der Waals surface area contributed by atoms with Crippen LogP contribution in [0.5, 0.6) is 0 Å². The fourth-order valence-corrected chi connectivity index (χ4v) is 3.58. The molecular weight excluding hydrogens is 387 g/mol. The Bertz CT molecular complexity index is 555. The fourth-order valence-electron chi connectivity index (χ4n) is 3.58. The second kappa shape index (κ2) is 16.2. The Labute approximate surface area is 181 Å². The van der Waals surface area contributed by atoms with E-state index in [1.54, 1.807) is 0 Å². The van der Waals surface area contributed by atoms with E-state index < -0.39 is 12.0 Å². The van der Waals surface area contributed by atoms with Crippen LogP contribution in [0.25, 0.3) is 0 Å². The first-order valence-corrected chi connectivity index (χ1v) is 11.8. The number of Topliss-reactive ketones (excluding diaryl/α,β-unsaturated/α-hetero) is 1. The van der Waals surface area contributed by atoms with Crippen LogP contribution < -0.4 is 5.32 Å². The van der Waals surface area contributed by atoms with Gasteiger partial charge in [-0.15, -0.1) is 0 Å². The van der Waals surface area contributed by atoms with E-state index in [9.17, 15) is 18.0 Å². The molecule has 0 aliphatic carbocycles. The van der Waals surface area contributed by atoms with Crippen LogP contribution in [0, 0.1) is 6.92 Å². The largest absolute Gasteiger partial charge is 0.449 e. The lowest BCUT2D eigenvalue weighted by molar-refractivity contribution is -0.171. The molecule has 172 valence electrons. The monoisotopic (exact) mass is 427 g/mol. The highest BCUT2D eigenvalue weighted by atomic mass is 19.4. The Hall–Kier alpha value is -1.52. The van der Waals surface area contributed by atoms with Gasteiger partial charge in [-0.05, 0) is 31.9 Å². The zero-order valence-electron chi connectivity index (χ0n) is 18.7. The molecule has 0 aliphatic rings. The molecule has 0 amide bonds. The standard InChI is InChI=1S/C25H40F3NO/c1-22-17-19-23(20-18-22)29-21-15-13-11-9-7-5-3-2-4-6-8-10-12-14-16-24(30)25(26,27)28/h17-20,29H,2-16,21H2,1H3. The van der Waals surface area contributed by atoms with E-state index in [1.165, 1.54) is 69.0 Å². The molecule has 0 fully saturated rings. The third kappa shape index (κ3) is 14.5. The summed E-state index contributed by atoms with van der Waals surface area (Å²) in [6.07, 6.45) is 10.8. The lowest BCUT2D eigenvalue weighted by Crippen LogP contribution is -2.22. The van der Waals surface area contributed by atoms with E-state index in [0.29, 0.717) is 6.42 Å². The Kier molecular flexibility index (Phi) is 14.3.